The van der Waals surface area contributed by atoms with Crippen LogP contribution in [0.1, 0.15) is 43.5 Å². The molecule has 0 bridgehead atoms. The Balaban J connectivity index is 0.000000798. The van der Waals surface area contributed by atoms with Crippen LogP contribution < -0.4 is 9.80 Å². The van der Waals surface area contributed by atoms with Crippen molar-refractivity contribution < 1.29 is 34.9 Å². The van der Waals surface area contributed by atoms with Gasteiger partial charge in [-0.1, -0.05) is 44.2 Å². The molecule has 230 valence electrons. The van der Waals surface area contributed by atoms with Crippen molar-refractivity contribution in [3.05, 3.63) is 60.2 Å². The zero-order chi connectivity index (χ0) is 29.8. The zero-order valence-corrected chi connectivity index (χ0v) is 24.6. The summed E-state index contributed by atoms with van der Waals surface area (Å²) in [5, 5.41) is 14.8. The van der Waals surface area contributed by atoms with E-state index in [2.05, 4.69) is 58.9 Å². The first-order valence-corrected chi connectivity index (χ1v) is 14.4. The summed E-state index contributed by atoms with van der Waals surface area (Å²) in [7, 11) is 0. The molecule has 0 saturated carbocycles. The molecule has 0 spiro atoms. The maximum absolute atomic E-state index is 13.5. The molecule has 2 aliphatic rings. The number of nitrogens with zero attached hydrogens (tertiary/aromatic N) is 4. The topological polar surface area (TPSA) is 153 Å². The van der Waals surface area contributed by atoms with Gasteiger partial charge < -0.3 is 30.4 Å². The number of hydrogen-bond donors (Lipinski definition) is 2. The monoisotopic (exact) mass is 584 g/mol. The van der Waals surface area contributed by atoms with Crippen molar-refractivity contribution in [3.63, 3.8) is 0 Å². The predicted octanol–water partition coefficient (Wildman–Crippen LogP) is 2.50. The molecule has 1 atom stereocenters. The fraction of sp³-hybridized carbons (Fsp3) is 0.484. The second-order valence-electron chi connectivity index (χ2n) is 10.2. The predicted molar refractivity (Wildman–Crippen MR) is 162 cm³/mol. The minimum absolute atomic E-state index is 0. The second-order valence-corrected chi connectivity index (χ2v) is 10.2. The van der Waals surface area contributed by atoms with Gasteiger partial charge in [0.25, 0.3) is 0 Å². The van der Waals surface area contributed by atoms with Crippen LogP contribution in [0, 0.1) is 5.92 Å². The summed E-state index contributed by atoms with van der Waals surface area (Å²) >= 11 is 0. The maximum atomic E-state index is 13.5. The number of amides is 1. The van der Waals surface area contributed by atoms with Gasteiger partial charge >= 0.3 is 11.9 Å². The summed E-state index contributed by atoms with van der Waals surface area (Å²) in [6.45, 7) is 13.0. The lowest BCUT2D eigenvalue weighted by molar-refractivity contribution is -0.159. The summed E-state index contributed by atoms with van der Waals surface area (Å²) in [5.74, 6) is -4.21. The molecule has 4 rings (SSSR count). The van der Waals surface area contributed by atoms with Gasteiger partial charge in [-0.05, 0) is 69.7 Å². The number of carboxylic acid groups (broad SMARTS) is 2. The number of carbonyl (C=O) groups is 4. The molecule has 2 heterocycles. The molecule has 0 aromatic heterocycles. The summed E-state index contributed by atoms with van der Waals surface area (Å²) in [6, 6.07) is 18.2. The van der Waals surface area contributed by atoms with Crippen molar-refractivity contribution in [1.82, 2.24) is 9.80 Å². The van der Waals surface area contributed by atoms with Crippen molar-refractivity contribution >= 4 is 35.0 Å². The quantitative estimate of drug-likeness (QED) is 0.300. The Labute approximate surface area is 247 Å². The number of carboxylic acids is 2. The molecule has 2 aromatic carbocycles. The van der Waals surface area contributed by atoms with Crippen molar-refractivity contribution in [2.24, 2.45) is 5.92 Å². The fourth-order valence-corrected chi connectivity index (χ4v) is 5.39. The minimum atomic E-state index is -1.82. The van der Waals surface area contributed by atoms with Gasteiger partial charge in [-0.25, -0.2) is 9.59 Å². The number of anilines is 2. The number of aliphatic carboxylic acids is 2. The van der Waals surface area contributed by atoms with E-state index in [1.165, 1.54) is 5.69 Å². The van der Waals surface area contributed by atoms with E-state index >= 15 is 0 Å². The van der Waals surface area contributed by atoms with Crippen molar-refractivity contribution in [2.45, 2.75) is 33.1 Å². The minimum Gasteiger partial charge on any atom is -0.473 e. The molecule has 1 unspecified atom stereocenters. The van der Waals surface area contributed by atoms with Crippen LogP contribution in [0.15, 0.2) is 54.6 Å². The van der Waals surface area contributed by atoms with E-state index in [-0.39, 0.29) is 17.2 Å². The molecule has 0 radical (unpaired) electrons. The largest absolute Gasteiger partial charge is 0.473 e. The number of hydrogen-bond acceptors (Lipinski definition) is 7. The summed E-state index contributed by atoms with van der Waals surface area (Å²) < 4.78 is 0. The average molecular weight is 585 g/mol. The van der Waals surface area contributed by atoms with E-state index in [0.29, 0.717) is 18.5 Å². The maximum Gasteiger partial charge on any atom is 0.414 e. The first-order valence-electron chi connectivity index (χ1n) is 14.4. The van der Waals surface area contributed by atoms with Crippen molar-refractivity contribution in [3.8, 4) is 0 Å². The molecule has 1 fully saturated rings. The number of ketones is 1. The van der Waals surface area contributed by atoms with Gasteiger partial charge in [0, 0.05) is 44.0 Å². The van der Waals surface area contributed by atoms with Crippen molar-refractivity contribution in [1.29, 1.82) is 0 Å². The van der Waals surface area contributed by atoms with Crippen LogP contribution in [0.2, 0.25) is 0 Å². The third kappa shape index (κ3) is 9.37. The SMILES string of the molecule is CCN(CC)CCCN1C(=O)C(CCCN2CCN(c3ccccc3)CC2)C(=O)c2ccccc21.O.O=C(O)C(=O)O. The highest BCUT2D eigenvalue weighted by Crippen LogP contribution is 2.32. The Morgan fingerprint density at radius 1 is 0.833 bits per heavy atom. The number of benzene rings is 2. The van der Waals surface area contributed by atoms with Gasteiger partial charge in [0.15, 0.2) is 5.78 Å². The lowest BCUT2D eigenvalue weighted by atomic mass is 9.87. The molecule has 0 aliphatic carbocycles. The third-order valence-electron chi connectivity index (χ3n) is 7.74. The van der Waals surface area contributed by atoms with Gasteiger partial charge in [0.1, 0.15) is 5.92 Å². The number of Topliss-reactive ketones (excluding diaryl/α,β-unsaturated/α-hetero) is 1. The zero-order valence-electron chi connectivity index (χ0n) is 24.6. The molecular weight excluding hydrogens is 540 g/mol. The van der Waals surface area contributed by atoms with Gasteiger partial charge in [0.2, 0.25) is 5.91 Å². The molecule has 2 aromatic rings. The van der Waals surface area contributed by atoms with Crippen LogP contribution in [0.4, 0.5) is 11.4 Å². The molecule has 11 nitrogen and oxygen atoms in total. The highest BCUT2D eigenvalue weighted by molar-refractivity contribution is 6.27. The number of fused-ring (bicyclic) bond motifs is 1. The highest BCUT2D eigenvalue weighted by Gasteiger charge is 2.38. The van der Waals surface area contributed by atoms with Gasteiger partial charge in [-0.15, -0.1) is 0 Å². The lowest BCUT2D eigenvalue weighted by Gasteiger charge is -2.37. The van der Waals surface area contributed by atoms with Gasteiger partial charge in [-0.3, -0.25) is 14.5 Å². The standard InChI is InChI=1S/C29H40N4O2.C2H2O4.H2O/c1-3-30(4-2)18-11-19-33-27-16-9-8-14-25(27)28(34)26(29(33)35)15-10-17-31-20-22-32(23-21-31)24-12-6-5-7-13-24;3-1(4)2(5)6;/h5-9,12-14,16,26H,3-4,10-11,15,17-23H2,1-2H3;(H,3,4)(H,5,6);1H2. The summed E-state index contributed by atoms with van der Waals surface area (Å²) in [6.07, 6.45) is 2.40. The Kier molecular flexibility index (Phi) is 14.1. The van der Waals surface area contributed by atoms with Crippen LogP contribution >= 0.6 is 0 Å². The van der Waals surface area contributed by atoms with E-state index in [4.69, 9.17) is 19.8 Å². The molecule has 4 N–H and O–H groups in total. The second kappa shape index (κ2) is 17.2. The number of carbonyl (C=O) groups excluding carboxylic acids is 2. The Morgan fingerprint density at radius 2 is 1.43 bits per heavy atom. The highest BCUT2D eigenvalue weighted by atomic mass is 16.4. The molecule has 42 heavy (non-hydrogen) atoms. The van der Waals surface area contributed by atoms with Crippen LogP contribution in [0.25, 0.3) is 0 Å². The van der Waals surface area contributed by atoms with E-state index < -0.39 is 17.9 Å². The number of para-hydroxylation sites is 2. The van der Waals surface area contributed by atoms with Crippen LogP contribution in [-0.2, 0) is 14.4 Å². The van der Waals surface area contributed by atoms with Crippen LogP contribution in [0.5, 0.6) is 0 Å². The van der Waals surface area contributed by atoms with E-state index in [0.717, 1.165) is 70.9 Å². The summed E-state index contributed by atoms with van der Waals surface area (Å²) in [5.41, 5.74) is 2.78. The first kappa shape index (κ1) is 34.4. The fourth-order valence-electron chi connectivity index (χ4n) is 5.39. The van der Waals surface area contributed by atoms with Crippen molar-refractivity contribution in [2.75, 3.05) is 68.7 Å². The molecule has 1 amide bonds. The number of piperazine rings is 1. The van der Waals surface area contributed by atoms with E-state index in [9.17, 15) is 9.59 Å². The summed E-state index contributed by atoms with van der Waals surface area (Å²) in [4.78, 5) is 54.1. The Hall–Kier alpha value is -3.80. The number of rotatable bonds is 11. The molecular formula is C31H44N4O7. The van der Waals surface area contributed by atoms with Gasteiger partial charge in [0.05, 0.1) is 5.69 Å². The van der Waals surface area contributed by atoms with Crippen LogP contribution in [0.3, 0.4) is 0 Å². The van der Waals surface area contributed by atoms with E-state index in [1.54, 1.807) is 0 Å². The van der Waals surface area contributed by atoms with Crippen LogP contribution in [-0.4, -0.2) is 108 Å². The molecule has 11 heteroatoms. The normalized spacial score (nSPS) is 16.8. The molecule has 2 aliphatic heterocycles. The Morgan fingerprint density at radius 3 is 2.02 bits per heavy atom. The smallest absolute Gasteiger partial charge is 0.414 e. The average Bonchev–Trinajstić information content (AvgIpc) is 2.99. The van der Waals surface area contributed by atoms with Gasteiger partial charge in [-0.2, -0.15) is 0 Å². The first-order chi connectivity index (χ1) is 19.8. The van der Waals surface area contributed by atoms with E-state index in [1.807, 2.05) is 29.2 Å². The third-order valence-corrected chi connectivity index (χ3v) is 7.74. The Bertz CT molecular complexity index is 1150. The lowest BCUT2D eigenvalue weighted by Crippen LogP contribution is -2.47. The molecule has 1 saturated heterocycles.